The van der Waals surface area contributed by atoms with E-state index in [2.05, 4.69) is 29.7 Å². The Kier molecular flexibility index (Phi) is 4.68. The van der Waals surface area contributed by atoms with Gasteiger partial charge in [0.25, 0.3) is 0 Å². The average Bonchev–Trinajstić information content (AvgIpc) is 2.42. The number of nitrogens with one attached hydrogen (secondary N) is 2. The van der Waals surface area contributed by atoms with Crippen molar-refractivity contribution in [2.24, 2.45) is 5.92 Å². The van der Waals surface area contributed by atoms with Crippen LogP contribution < -0.4 is 10.6 Å². The van der Waals surface area contributed by atoms with E-state index in [9.17, 15) is 14.7 Å². The second-order valence-corrected chi connectivity index (χ2v) is 6.15. The summed E-state index contributed by atoms with van der Waals surface area (Å²) in [6.07, 6.45) is 9.60. The zero-order valence-electron chi connectivity index (χ0n) is 12.0. The minimum atomic E-state index is -1.08. The highest BCUT2D eigenvalue weighted by molar-refractivity contribution is 5.86. The Morgan fingerprint density at radius 3 is 2.45 bits per heavy atom. The Labute approximate surface area is 119 Å². The van der Waals surface area contributed by atoms with Gasteiger partial charge >= 0.3 is 12.0 Å². The van der Waals surface area contributed by atoms with E-state index in [1.807, 2.05) is 0 Å². The summed E-state index contributed by atoms with van der Waals surface area (Å²) in [5, 5.41) is 15.1. The van der Waals surface area contributed by atoms with Crippen LogP contribution in [0, 0.1) is 5.92 Å². The van der Waals surface area contributed by atoms with E-state index in [1.54, 1.807) is 0 Å². The molecule has 2 aliphatic carbocycles. The van der Waals surface area contributed by atoms with Gasteiger partial charge in [0.2, 0.25) is 0 Å². The molecule has 5 nitrogen and oxygen atoms in total. The molecular weight excluding hydrogens is 256 g/mol. The highest BCUT2D eigenvalue weighted by Gasteiger charge is 2.42. The lowest BCUT2D eigenvalue weighted by Gasteiger charge is -2.36. The number of hydrogen-bond acceptors (Lipinski definition) is 2. The second kappa shape index (κ2) is 6.29. The summed E-state index contributed by atoms with van der Waals surface area (Å²) in [6, 6.07) is -0.226. The van der Waals surface area contributed by atoms with Crippen LogP contribution in [-0.2, 0) is 4.79 Å². The van der Waals surface area contributed by atoms with Gasteiger partial charge in [0.05, 0.1) is 0 Å². The molecule has 2 amide bonds. The summed E-state index contributed by atoms with van der Waals surface area (Å²) in [4.78, 5) is 23.6. The van der Waals surface area contributed by atoms with E-state index in [-0.39, 0.29) is 12.1 Å². The molecule has 2 aliphatic rings. The number of carboxylic acids is 1. The molecule has 112 valence electrons. The molecule has 0 aromatic rings. The third kappa shape index (κ3) is 3.52. The Morgan fingerprint density at radius 1 is 1.20 bits per heavy atom. The van der Waals surface area contributed by atoms with Gasteiger partial charge in [-0.1, -0.05) is 19.1 Å². The molecule has 0 saturated heterocycles. The molecule has 0 bridgehead atoms. The van der Waals surface area contributed by atoms with Gasteiger partial charge in [0.15, 0.2) is 0 Å². The van der Waals surface area contributed by atoms with E-state index < -0.39 is 11.5 Å². The van der Waals surface area contributed by atoms with Crippen molar-refractivity contribution in [3.63, 3.8) is 0 Å². The number of carboxylic acid groups (broad SMARTS) is 1. The van der Waals surface area contributed by atoms with Gasteiger partial charge in [0.1, 0.15) is 5.54 Å². The SMILES string of the molecule is CC1CCC(NC(=O)NC2CC=CCC2)(C(=O)O)CC1. The maximum atomic E-state index is 12.1. The largest absolute Gasteiger partial charge is 0.480 e. The minimum Gasteiger partial charge on any atom is -0.480 e. The van der Waals surface area contributed by atoms with Crippen molar-refractivity contribution in [3.05, 3.63) is 12.2 Å². The molecule has 1 unspecified atom stereocenters. The lowest BCUT2D eigenvalue weighted by atomic mass is 9.77. The van der Waals surface area contributed by atoms with Crippen LogP contribution >= 0.6 is 0 Å². The Bertz CT molecular complexity index is 398. The zero-order chi connectivity index (χ0) is 14.6. The van der Waals surface area contributed by atoms with E-state index in [4.69, 9.17) is 0 Å². The fraction of sp³-hybridized carbons (Fsp3) is 0.733. The van der Waals surface area contributed by atoms with Gasteiger partial charge in [-0.2, -0.15) is 0 Å². The standard InChI is InChI=1S/C15H24N2O3/c1-11-7-9-15(10-8-11,13(18)19)17-14(20)16-12-5-3-2-4-6-12/h2-3,11-12H,4-10H2,1H3,(H,18,19)(H2,16,17,20). The third-order valence-electron chi connectivity index (χ3n) is 4.49. The average molecular weight is 280 g/mol. The number of amides is 2. The molecule has 20 heavy (non-hydrogen) atoms. The van der Waals surface area contributed by atoms with Crippen molar-refractivity contribution in [2.45, 2.75) is 63.5 Å². The molecule has 1 fully saturated rings. The van der Waals surface area contributed by atoms with E-state index in [0.29, 0.717) is 18.8 Å². The molecule has 0 spiro atoms. The predicted octanol–water partition coefficient (Wildman–Crippen LogP) is 2.43. The van der Waals surface area contributed by atoms with Gasteiger partial charge in [-0.05, 0) is 50.9 Å². The van der Waals surface area contributed by atoms with Gasteiger partial charge in [0, 0.05) is 6.04 Å². The summed E-state index contributed by atoms with van der Waals surface area (Å²) in [5.41, 5.74) is -1.08. The molecular formula is C15H24N2O3. The molecule has 2 rings (SSSR count). The first-order valence-corrected chi connectivity index (χ1v) is 7.49. The Balaban J connectivity index is 1.92. The first kappa shape index (κ1) is 14.9. The van der Waals surface area contributed by atoms with Crippen LogP contribution in [0.15, 0.2) is 12.2 Å². The van der Waals surface area contributed by atoms with Crippen LogP contribution in [-0.4, -0.2) is 28.7 Å². The molecule has 0 aromatic carbocycles. The number of allylic oxidation sites excluding steroid dienone is 1. The number of rotatable bonds is 3. The lowest BCUT2D eigenvalue weighted by molar-refractivity contribution is -0.146. The fourth-order valence-electron chi connectivity index (χ4n) is 3.01. The van der Waals surface area contributed by atoms with Crippen LogP contribution in [0.3, 0.4) is 0 Å². The first-order valence-electron chi connectivity index (χ1n) is 7.49. The molecule has 0 aromatic heterocycles. The maximum absolute atomic E-state index is 12.1. The van der Waals surface area contributed by atoms with Crippen molar-refractivity contribution in [3.8, 4) is 0 Å². The highest BCUT2D eigenvalue weighted by atomic mass is 16.4. The minimum absolute atomic E-state index is 0.119. The van der Waals surface area contributed by atoms with Gasteiger partial charge < -0.3 is 15.7 Å². The summed E-state index contributed by atoms with van der Waals surface area (Å²) in [7, 11) is 0. The van der Waals surface area contributed by atoms with Crippen molar-refractivity contribution in [1.29, 1.82) is 0 Å². The number of urea groups is 1. The smallest absolute Gasteiger partial charge is 0.329 e. The first-order chi connectivity index (χ1) is 9.52. The fourth-order valence-corrected chi connectivity index (χ4v) is 3.01. The van der Waals surface area contributed by atoms with Crippen molar-refractivity contribution < 1.29 is 14.7 Å². The third-order valence-corrected chi connectivity index (χ3v) is 4.49. The van der Waals surface area contributed by atoms with Crippen molar-refractivity contribution >= 4 is 12.0 Å². The summed E-state index contributed by atoms with van der Waals surface area (Å²) >= 11 is 0. The Morgan fingerprint density at radius 2 is 1.90 bits per heavy atom. The van der Waals surface area contributed by atoms with Crippen molar-refractivity contribution in [2.75, 3.05) is 0 Å². The van der Waals surface area contributed by atoms with Crippen LogP contribution in [0.1, 0.15) is 51.9 Å². The summed E-state index contributed by atoms with van der Waals surface area (Å²) in [5.74, 6) is -0.376. The molecule has 3 N–H and O–H groups in total. The molecule has 0 radical (unpaired) electrons. The number of carbonyl (C=O) groups is 2. The molecule has 1 saturated carbocycles. The van der Waals surface area contributed by atoms with Gasteiger partial charge in [-0.25, -0.2) is 9.59 Å². The number of aliphatic carboxylic acids is 1. The van der Waals surface area contributed by atoms with Gasteiger partial charge in [-0.3, -0.25) is 0 Å². The van der Waals surface area contributed by atoms with E-state index in [1.165, 1.54) is 0 Å². The normalized spacial score (nSPS) is 33.5. The lowest BCUT2D eigenvalue weighted by Crippen LogP contribution is -2.59. The van der Waals surface area contributed by atoms with Crippen LogP contribution in [0.5, 0.6) is 0 Å². The molecule has 5 heteroatoms. The van der Waals surface area contributed by atoms with Gasteiger partial charge in [-0.15, -0.1) is 0 Å². The predicted molar refractivity (Wildman–Crippen MR) is 76.4 cm³/mol. The van der Waals surface area contributed by atoms with Crippen LogP contribution in [0.4, 0.5) is 4.79 Å². The zero-order valence-corrected chi connectivity index (χ0v) is 12.0. The van der Waals surface area contributed by atoms with E-state index >= 15 is 0 Å². The van der Waals surface area contributed by atoms with Crippen LogP contribution in [0.2, 0.25) is 0 Å². The Hall–Kier alpha value is -1.52. The topological polar surface area (TPSA) is 78.4 Å². The van der Waals surface area contributed by atoms with Crippen LogP contribution in [0.25, 0.3) is 0 Å². The molecule has 1 atom stereocenters. The summed E-state index contributed by atoms with van der Waals surface area (Å²) < 4.78 is 0. The van der Waals surface area contributed by atoms with E-state index in [0.717, 1.165) is 32.1 Å². The van der Waals surface area contributed by atoms with Crippen molar-refractivity contribution in [1.82, 2.24) is 10.6 Å². The molecule has 0 aliphatic heterocycles. The quantitative estimate of drug-likeness (QED) is 0.695. The monoisotopic (exact) mass is 280 g/mol. The highest BCUT2D eigenvalue weighted by Crippen LogP contribution is 2.32. The molecule has 0 heterocycles. The second-order valence-electron chi connectivity index (χ2n) is 6.15. The number of hydrogen-bond donors (Lipinski definition) is 3. The summed E-state index contributed by atoms with van der Waals surface area (Å²) in [6.45, 7) is 2.13. The number of carbonyl (C=O) groups excluding carboxylic acids is 1. The maximum Gasteiger partial charge on any atom is 0.329 e.